The Morgan fingerprint density at radius 1 is 1.29 bits per heavy atom. The first-order valence-corrected chi connectivity index (χ1v) is 7.05. The smallest absolute Gasteiger partial charge is 0.213 e. The van der Waals surface area contributed by atoms with Crippen LogP contribution in [-0.4, -0.2) is 28.9 Å². The number of aromatic hydroxyl groups is 1. The van der Waals surface area contributed by atoms with Crippen LogP contribution in [0.1, 0.15) is 12.5 Å². The number of aromatic nitrogens is 1. The second-order valence-electron chi connectivity index (χ2n) is 5.04. The molecule has 0 aliphatic rings. The number of halogens is 1. The fourth-order valence-electron chi connectivity index (χ4n) is 2.17. The Bertz CT molecular complexity index is 631. The summed E-state index contributed by atoms with van der Waals surface area (Å²) in [7, 11) is 1.52. The number of aliphatic hydroxyl groups is 1. The summed E-state index contributed by atoms with van der Waals surface area (Å²) < 4.78 is 5.11. The molecule has 0 radical (unpaired) electrons. The van der Waals surface area contributed by atoms with Gasteiger partial charge in [-0.05, 0) is 35.6 Å². The standard InChI is InChI=1S/C16H18ClNO3/c1-10(9-19)5-11-3-4-12(17)6-13(11)14-7-16(21-2)18-8-15(14)20/h3-4,6-8,10,19-20H,5,9H2,1-2H3. The molecule has 0 saturated carbocycles. The van der Waals surface area contributed by atoms with Crippen molar-refractivity contribution in [2.75, 3.05) is 13.7 Å². The average Bonchev–Trinajstić information content (AvgIpc) is 2.49. The summed E-state index contributed by atoms with van der Waals surface area (Å²) in [4.78, 5) is 3.97. The molecule has 0 spiro atoms. The van der Waals surface area contributed by atoms with E-state index in [2.05, 4.69) is 4.98 Å². The van der Waals surface area contributed by atoms with Crippen LogP contribution in [0.2, 0.25) is 5.02 Å². The minimum absolute atomic E-state index is 0.0657. The largest absolute Gasteiger partial charge is 0.506 e. The topological polar surface area (TPSA) is 62.6 Å². The quantitative estimate of drug-likeness (QED) is 0.890. The molecule has 2 rings (SSSR count). The molecular weight excluding hydrogens is 290 g/mol. The molecule has 0 aliphatic carbocycles. The highest BCUT2D eigenvalue weighted by molar-refractivity contribution is 6.30. The van der Waals surface area contributed by atoms with Gasteiger partial charge in [-0.15, -0.1) is 0 Å². The van der Waals surface area contributed by atoms with E-state index in [1.807, 2.05) is 13.0 Å². The van der Waals surface area contributed by atoms with E-state index >= 15 is 0 Å². The van der Waals surface area contributed by atoms with E-state index in [0.717, 1.165) is 11.1 Å². The third-order valence-corrected chi connectivity index (χ3v) is 3.54. The molecule has 0 saturated heterocycles. The number of benzene rings is 1. The Morgan fingerprint density at radius 2 is 2.05 bits per heavy atom. The van der Waals surface area contributed by atoms with Crippen LogP contribution in [0.15, 0.2) is 30.5 Å². The summed E-state index contributed by atoms with van der Waals surface area (Å²) in [6, 6.07) is 7.19. The van der Waals surface area contributed by atoms with Gasteiger partial charge in [0.05, 0.1) is 13.3 Å². The summed E-state index contributed by atoms with van der Waals surface area (Å²) in [6.45, 7) is 2.07. The number of pyridine rings is 1. The first-order chi connectivity index (χ1) is 10.0. The van der Waals surface area contributed by atoms with Gasteiger partial charge in [-0.3, -0.25) is 0 Å². The number of methoxy groups -OCH3 is 1. The van der Waals surface area contributed by atoms with E-state index in [4.69, 9.17) is 16.3 Å². The Hall–Kier alpha value is -1.78. The zero-order chi connectivity index (χ0) is 15.4. The van der Waals surface area contributed by atoms with Crippen LogP contribution in [0.3, 0.4) is 0 Å². The lowest BCUT2D eigenvalue weighted by molar-refractivity contribution is 0.237. The highest BCUT2D eigenvalue weighted by Crippen LogP contribution is 2.35. The minimum Gasteiger partial charge on any atom is -0.506 e. The number of nitrogens with zero attached hydrogens (tertiary/aromatic N) is 1. The molecule has 112 valence electrons. The van der Waals surface area contributed by atoms with Gasteiger partial charge < -0.3 is 14.9 Å². The van der Waals surface area contributed by atoms with Gasteiger partial charge in [0.1, 0.15) is 5.75 Å². The minimum atomic E-state index is 0.0657. The fraction of sp³-hybridized carbons (Fsp3) is 0.312. The van der Waals surface area contributed by atoms with E-state index < -0.39 is 0 Å². The van der Waals surface area contributed by atoms with Gasteiger partial charge in [0.2, 0.25) is 5.88 Å². The maximum atomic E-state index is 10.1. The first-order valence-electron chi connectivity index (χ1n) is 6.67. The lowest BCUT2D eigenvalue weighted by atomic mass is 9.93. The van der Waals surface area contributed by atoms with Crippen LogP contribution in [0.25, 0.3) is 11.1 Å². The molecule has 1 aromatic carbocycles. The summed E-state index contributed by atoms with van der Waals surface area (Å²) in [6.07, 6.45) is 2.04. The molecular formula is C16H18ClNO3. The van der Waals surface area contributed by atoms with E-state index in [1.165, 1.54) is 13.3 Å². The zero-order valence-corrected chi connectivity index (χ0v) is 12.8. The molecule has 1 heterocycles. The number of hydrogen-bond donors (Lipinski definition) is 2. The Kier molecular flexibility index (Phi) is 5.04. The van der Waals surface area contributed by atoms with Crippen molar-refractivity contribution in [3.8, 4) is 22.8 Å². The molecule has 1 aromatic heterocycles. The molecule has 2 aromatic rings. The van der Waals surface area contributed by atoms with Crippen molar-refractivity contribution in [2.24, 2.45) is 5.92 Å². The molecule has 21 heavy (non-hydrogen) atoms. The molecule has 0 amide bonds. The van der Waals surface area contributed by atoms with Crippen LogP contribution < -0.4 is 4.74 Å². The van der Waals surface area contributed by atoms with Gasteiger partial charge in [0.15, 0.2) is 0 Å². The molecule has 0 bridgehead atoms. The van der Waals surface area contributed by atoms with E-state index in [9.17, 15) is 10.2 Å². The third kappa shape index (κ3) is 3.65. The highest BCUT2D eigenvalue weighted by atomic mass is 35.5. The van der Waals surface area contributed by atoms with Crippen LogP contribution in [0.4, 0.5) is 0 Å². The maximum Gasteiger partial charge on any atom is 0.213 e. The van der Waals surface area contributed by atoms with Crippen LogP contribution in [0.5, 0.6) is 11.6 Å². The predicted octanol–water partition coefficient (Wildman–Crippen LogP) is 3.29. The SMILES string of the molecule is COc1cc(-c2cc(Cl)ccc2CC(C)CO)c(O)cn1. The third-order valence-electron chi connectivity index (χ3n) is 3.31. The van der Waals surface area contributed by atoms with Crippen LogP contribution in [0, 0.1) is 5.92 Å². The molecule has 4 nitrogen and oxygen atoms in total. The van der Waals surface area contributed by atoms with Crippen molar-refractivity contribution >= 4 is 11.6 Å². The summed E-state index contributed by atoms with van der Waals surface area (Å²) in [5.41, 5.74) is 2.44. The van der Waals surface area contributed by atoms with Crippen molar-refractivity contribution in [2.45, 2.75) is 13.3 Å². The molecule has 1 atom stereocenters. The molecule has 1 unspecified atom stereocenters. The summed E-state index contributed by atoms with van der Waals surface area (Å²) in [5.74, 6) is 0.607. The number of rotatable bonds is 5. The monoisotopic (exact) mass is 307 g/mol. The first kappa shape index (κ1) is 15.6. The second-order valence-corrected chi connectivity index (χ2v) is 5.47. The van der Waals surface area contributed by atoms with Gasteiger partial charge in [-0.2, -0.15) is 0 Å². The fourth-order valence-corrected chi connectivity index (χ4v) is 2.35. The van der Waals surface area contributed by atoms with E-state index in [0.29, 0.717) is 22.9 Å². The zero-order valence-electron chi connectivity index (χ0n) is 12.0. The lowest BCUT2D eigenvalue weighted by Gasteiger charge is -2.15. The number of hydrogen-bond acceptors (Lipinski definition) is 4. The van der Waals surface area contributed by atoms with Crippen molar-refractivity contribution in [3.05, 3.63) is 41.0 Å². The highest BCUT2D eigenvalue weighted by Gasteiger charge is 2.14. The van der Waals surface area contributed by atoms with Gasteiger partial charge >= 0.3 is 0 Å². The number of ether oxygens (including phenoxy) is 1. The summed E-state index contributed by atoms with van der Waals surface area (Å²) >= 11 is 6.09. The molecule has 2 N–H and O–H groups in total. The predicted molar refractivity (Wildman–Crippen MR) is 82.9 cm³/mol. The van der Waals surface area contributed by atoms with Crippen molar-refractivity contribution in [3.63, 3.8) is 0 Å². The normalized spacial score (nSPS) is 12.2. The van der Waals surface area contributed by atoms with Gasteiger partial charge in [-0.1, -0.05) is 24.6 Å². The Morgan fingerprint density at radius 3 is 2.71 bits per heavy atom. The lowest BCUT2D eigenvalue weighted by Crippen LogP contribution is -2.05. The molecule has 5 heteroatoms. The van der Waals surface area contributed by atoms with Gasteiger partial charge in [-0.25, -0.2) is 4.98 Å². The van der Waals surface area contributed by atoms with Crippen molar-refractivity contribution in [1.29, 1.82) is 0 Å². The van der Waals surface area contributed by atoms with E-state index in [1.54, 1.807) is 18.2 Å². The van der Waals surface area contributed by atoms with Gasteiger partial charge in [0, 0.05) is 23.3 Å². The Balaban J connectivity index is 2.53. The van der Waals surface area contributed by atoms with Crippen molar-refractivity contribution in [1.82, 2.24) is 4.98 Å². The average molecular weight is 308 g/mol. The van der Waals surface area contributed by atoms with Crippen molar-refractivity contribution < 1.29 is 14.9 Å². The molecule has 0 fully saturated rings. The number of aliphatic hydroxyl groups excluding tert-OH is 1. The molecule has 0 aliphatic heterocycles. The summed E-state index contributed by atoms with van der Waals surface area (Å²) in [5, 5.41) is 19.9. The van der Waals surface area contributed by atoms with Crippen LogP contribution in [-0.2, 0) is 6.42 Å². The van der Waals surface area contributed by atoms with Gasteiger partial charge in [0.25, 0.3) is 0 Å². The van der Waals surface area contributed by atoms with Crippen LogP contribution >= 0.6 is 11.6 Å². The maximum absolute atomic E-state index is 10.1. The Labute approximate surface area is 129 Å². The second kappa shape index (κ2) is 6.78. The van der Waals surface area contributed by atoms with E-state index in [-0.39, 0.29) is 18.3 Å².